The number of ether oxygens (including phenoxy) is 9. The van der Waals surface area contributed by atoms with E-state index in [1.165, 1.54) is 12.5 Å². The summed E-state index contributed by atoms with van der Waals surface area (Å²) in [7, 11) is 0. The third-order valence-electron chi connectivity index (χ3n) is 19.4. The summed E-state index contributed by atoms with van der Waals surface area (Å²) in [5.41, 5.74) is 1.44. The Labute approximate surface area is 426 Å². The van der Waals surface area contributed by atoms with Crippen LogP contribution in [0.25, 0.3) is 0 Å². The molecule has 4 aliphatic carbocycles. The second-order valence-electron chi connectivity index (χ2n) is 23.7. The standard InChI is InChI=1S/C51H84O22/c1-20(19-65-46-40(61)38(59)35(56)30(16-52)69-46)6-9-28-21(2)33-29(68-28)15-27-25-8-7-23-14-24(10-12-50(23,4)26(25)11-13-51(27,33)5)67-49-45(73-47-41(62)37(58)34(55)22(3)66-47)43(64)44(32(18-54)71-49)72-48-42(63)39(60)36(57)31(17-53)70-48/h20,22-27,29-49,52-64H,6-19H2,1-5H3. The molecule has 0 aromatic heterocycles. The van der Waals surface area contributed by atoms with Crippen LogP contribution >= 0.6 is 0 Å². The Morgan fingerprint density at radius 1 is 0.575 bits per heavy atom. The molecule has 0 aromatic carbocycles. The Bertz CT molecular complexity index is 1880. The summed E-state index contributed by atoms with van der Waals surface area (Å²) in [5.74, 6) is 3.27. The van der Waals surface area contributed by atoms with Gasteiger partial charge in [0.05, 0.1) is 44.4 Å². The topological polar surface area (TPSA) is 346 Å². The highest BCUT2D eigenvalue weighted by Gasteiger charge is 2.65. The van der Waals surface area contributed by atoms with Crippen LogP contribution in [0, 0.1) is 46.3 Å². The van der Waals surface area contributed by atoms with Crippen molar-refractivity contribution in [3.8, 4) is 0 Å². The fourth-order valence-electron chi connectivity index (χ4n) is 15.1. The van der Waals surface area contributed by atoms with Gasteiger partial charge < -0.3 is 109 Å². The molecule has 30 atom stereocenters. The van der Waals surface area contributed by atoms with E-state index in [4.69, 9.17) is 42.6 Å². The Kier molecular flexibility index (Phi) is 17.3. The van der Waals surface area contributed by atoms with E-state index < -0.39 is 143 Å². The van der Waals surface area contributed by atoms with E-state index >= 15 is 0 Å². The lowest BCUT2D eigenvalue weighted by Crippen LogP contribution is -2.67. The molecule has 0 spiro atoms. The quantitative estimate of drug-likeness (QED) is 0.0791. The Hall–Kier alpha value is -1.30. The van der Waals surface area contributed by atoms with Crippen LogP contribution < -0.4 is 0 Å². The van der Waals surface area contributed by atoms with Crippen LogP contribution in [0.1, 0.15) is 98.8 Å². The molecule has 4 saturated heterocycles. The third kappa shape index (κ3) is 10.3. The van der Waals surface area contributed by atoms with E-state index in [1.807, 2.05) is 6.92 Å². The lowest BCUT2D eigenvalue weighted by Gasteiger charge is -2.61. The molecule has 0 bridgehead atoms. The first kappa shape index (κ1) is 56.4. The molecular formula is C51H84O22. The Morgan fingerprint density at radius 3 is 1.81 bits per heavy atom. The van der Waals surface area contributed by atoms with E-state index in [0.29, 0.717) is 42.4 Å². The Balaban J connectivity index is 0.836. The molecule has 0 amide bonds. The normalized spacial score (nSPS) is 53.5. The van der Waals surface area contributed by atoms with Gasteiger partial charge >= 0.3 is 0 Å². The van der Waals surface area contributed by atoms with Crippen molar-refractivity contribution in [3.05, 3.63) is 11.3 Å². The van der Waals surface area contributed by atoms with Crippen molar-refractivity contribution in [1.29, 1.82) is 0 Å². The van der Waals surface area contributed by atoms with Gasteiger partial charge in [-0.1, -0.05) is 20.8 Å². The van der Waals surface area contributed by atoms with Gasteiger partial charge in [0.1, 0.15) is 97.7 Å². The average Bonchev–Trinajstić information content (AvgIpc) is 3.86. The Morgan fingerprint density at radius 2 is 1.15 bits per heavy atom. The average molecular weight is 1050 g/mol. The zero-order chi connectivity index (χ0) is 52.6. The second-order valence-corrected chi connectivity index (χ2v) is 23.7. The van der Waals surface area contributed by atoms with Crippen LogP contribution in [0.4, 0.5) is 0 Å². The van der Waals surface area contributed by atoms with Crippen molar-refractivity contribution in [1.82, 2.24) is 0 Å². The van der Waals surface area contributed by atoms with Gasteiger partial charge in [0.15, 0.2) is 25.2 Å². The van der Waals surface area contributed by atoms with E-state index in [2.05, 4.69) is 20.8 Å². The molecule has 22 nitrogen and oxygen atoms in total. The summed E-state index contributed by atoms with van der Waals surface area (Å²) in [4.78, 5) is 0. The lowest BCUT2D eigenvalue weighted by molar-refractivity contribution is -0.390. The monoisotopic (exact) mass is 1050 g/mol. The molecule has 9 rings (SSSR count). The molecule has 13 N–H and O–H groups in total. The van der Waals surface area contributed by atoms with Crippen molar-refractivity contribution >= 4 is 0 Å². The maximum Gasteiger partial charge on any atom is 0.187 e. The maximum absolute atomic E-state index is 12.1. The molecule has 0 aromatic rings. The lowest BCUT2D eigenvalue weighted by atomic mass is 9.44. The van der Waals surface area contributed by atoms with Crippen molar-refractivity contribution in [2.45, 2.75) is 234 Å². The molecule has 30 unspecified atom stereocenters. The van der Waals surface area contributed by atoms with Crippen LogP contribution in [-0.4, -0.2) is 228 Å². The molecule has 420 valence electrons. The summed E-state index contributed by atoms with van der Waals surface area (Å²) in [6, 6.07) is 0. The molecule has 73 heavy (non-hydrogen) atoms. The summed E-state index contributed by atoms with van der Waals surface area (Å²) >= 11 is 0. The van der Waals surface area contributed by atoms with Gasteiger partial charge in [-0.2, -0.15) is 0 Å². The summed E-state index contributed by atoms with van der Waals surface area (Å²) in [6.45, 7) is 8.95. The zero-order valence-electron chi connectivity index (χ0n) is 42.6. The molecule has 4 saturated carbocycles. The van der Waals surface area contributed by atoms with Crippen LogP contribution in [0.3, 0.4) is 0 Å². The van der Waals surface area contributed by atoms with Gasteiger partial charge in [0.2, 0.25) is 0 Å². The number of hydrogen-bond donors (Lipinski definition) is 13. The first-order chi connectivity index (χ1) is 34.6. The number of fused-ring (bicyclic) bond motifs is 7. The first-order valence-corrected chi connectivity index (χ1v) is 26.8. The number of hydrogen-bond acceptors (Lipinski definition) is 22. The van der Waals surface area contributed by atoms with Crippen molar-refractivity contribution in [3.63, 3.8) is 0 Å². The van der Waals surface area contributed by atoms with Gasteiger partial charge in [-0.25, -0.2) is 0 Å². The van der Waals surface area contributed by atoms with Gasteiger partial charge in [-0.05, 0) is 118 Å². The number of allylic oxidation sites excluding steroid dienone is 1. The fraction of sp³-hybridized carbons (Fsp3) is 0.961. The summed E-state index contributed by atoms with van der Waals surface area (Å²) in [6.07, 6.45) is -21.1. The molecule has 5 aliphatic heterocycles. The van der Waals surface area contributed by atoms with E-state index in [-0.39, 0.29) is 35.6 Å². The molecule has 5 heterocycles. The first-order valence-electron chi connectivity index (χ1n) is 26.8. The largest absolute Gasteiger partial charge is 0.494 e. The smallest absolute Gasteiger partial charge is 0.187 e. The minimum atomic E-state index is -1.84. The predicted octanol–water partition coefficient (Wildman–Crippen LogP) is -1.98. The minimum absolute atomic E-state index is 0.0283. The second kappa shape index (κ2) is 22.4. The van der Waals surface area contributed by atoms with Crippen molar-refractivity contribution in [2.75, 3.05) is 26.4 Å². The number of aliphatic hydroxyl groups excluding tert-OH is 13. The van der Waals surface area contributed by atoms with Crippen LogP contribution in [-0.2, 0) is 42.6 Å². The maximum atomic E-state index is 12.1. The van der Waals surface area contributed by atoms with Gasteiger partial charge in [0, 0.05) is 12.3 Å². The molecule has 0 radical (unpaired) electrons. The van der Waals surface area contributed by atoms with Gasteiger partial charge in [-0.15, -0.1) is 0 Å². The number of rotatable bonds is 15. The highest BCUT2D eigenvalue weighted by molar-refractivity contribution is 5.27. The predicted molar refractivity (Wildman–Crippen MR) is 249 cm³/mol. The van der Waals surface area contributed by atoms with E-state index in [0.717, 1.165) is 57.1 Å². The molecule has 9 aliphatic rings. The van der Waals surface area contributed by atoms with E-state index in [9.17, 15) is 66.4 Å². The summed E-state index contributed by atoms with van der Waals surface area (Å²) in [5, 5.41) is 136. The molecule has 8 fully saturated rings. The van der Waals surface area contributed by atoms with Gasteiger partial charge in [-0.3, -0.25) is 0 Å². The van der Waals surface area contributed by atoms with Crippen molar-refractivity contribution < 1.29 is 109 Å². The third-order valence-corrected chi connectivity index (χ3v) is 19.4. The highest BCUT2D eigenvalue weighted by Crippen LogP contribution is 2.70. The summed E-state index contributed by atoms with van der Waals surface area (Å²) < 4.78 is 54.7. The van der Waals surface area contributed by atoms with Crippen LogP contribution in [0.5, 0.6) is 0 Å². The molecular weight excluding hydrogens is 965 g/mol. The number of aliphatic hydroxyl groups is 13. The highest BCUT2D eigenvalue weighted by atomic mass is 16.8. The molecule has 22 heteroatoms. The fourth-order valence-corrected chi connectivity index (χ4v) is 15.1. The SMILES string of the molecule is CC1=C(CCC(C)COC2OC(CO)C(O)C(O)C2O)OC2CC3C4CCC5CC(OC6OC(CO)C(OC7OC(CO)C(O)C(O)C7O)C(O)C6OC6OC(C)C(O)C(O)C6O)CCC5(C)C4CCC3(C)C12. The van der Waals surface area contributed by atoms with E-state index in [1.54, 1.807) is 0 Å². The van der Waals surface area contributed by atoms with Crippen molar-refractivity contribution in [2.24, 2.45) is 46.3 Å². The zero-order valence-corrected chi connectivity index (χ0v) is 42.6. The minimum Gasteiger partial charge on any atom is -0.494 e. The van der Waals surface area contributed by atoms with Crippen LogP contribution in [0.2, 0.25) is 0 Å². The van der Waals surface area contributed by atoms with Crippen LogP contribution in [0.15, 0.2) is 11.3 Å². The van der Waals surface area contributed by atoms with Gasteiger partial charge in [0.25, 0.3) is 0 Å².